The number of carbonyl (C=O) groups is 1. The van der Waals surface area contributed by atoms with Gasteiger partial charge in [0, 0.05) is 40.0 Å². The molecule has 0 fully saturated rings. The lowest BCUT2D eigenvalue weighted by Gasteiger charge is -2.16. The average Bonchev–Trinajstić information content (AvgIpc) is 2.81. The van der Waals surface area contributed by atoms with Crippen LogP contribution >= 0.6 is 0 Å². The van der Waals surface area contributed by atoms with Gasteiger partial charge in [-0.3, -0.25) is 4.79 Å². The van der Waals surface area contributed by atoms with Gasteiger partial charge < -0.3 is 19.5 Å². The largest absolute Gasteiger partial charge is 0.383 e. The Morgan fingerprint density at radius 1 is 1.61 bits per heavy atom. The summed E-state index contributed by atoms with van der Waals surface area (Å²) in [5.74, 6) is 0.0913. The topological polar surface area (TPSA) is 59.4 Å². The molecule has 1 amide bonds. The van der Waals surface area contributed by atoms with E-state index in [4.69, 9.17) is 4.74 Å². The molecule has 0 radical (unpaired) electrons. The van der Waals surface area contributed by atoms with Crippen LogP contribution in [-0.2, 0) is 22.6 Å². The summed E-state index contributed by atoms with van der Waals surface area (Å²) >= 11 is 0. The zero-order chi connectivity index (χ0) is 13.4. The van der Waals surface area contributed by atoms with E-state index < -0.39 is 0 Å². The maximum atomic E-state index is 11.8. The lowest BCUT2D eigenvalue weighted by atomic mass is 10.4. The molecule has 1 N–H and O–H groups in total. The van der Waals surface area contributed by atoms with E-state index >= 15 is 0 Å². The Labute approximate surface area is 108 Å². The number of imidazole rings is 1. The molecule has 6 heteroatoms. The minimum atomic E-state index is 0.0913. The first kappa shape index (κ1) is 14.7. The lowest BCUT2D eigenvalue weighted by Crippen LogP contribution is -2.30. The van der Waals surface area contributed by atoms with E-state index in [2.05, 4.69) is 10.3 Å². The van der Waals surface area contributed by atoms with Gasteiger partial charge in [0.1, 0.15) is 6.54 Å². The standard InChI is InChI=1S/C12H22N4O2/c1-4-15(2)12(17)9-16-10-14-8-11(16)7-13-5-6-18-3/h8,10,13H,4-7,9H2,1-3H3. The van der Waals surface area contributed by atoms with Crippen LogP contribution in [-0.4, -0.2) is 54.2 Å². The normalized spacial score (nSPS) is 10.6. The van der Waals surface area contributed by atoms with E-state index in [0.717, 1.165) is 18.8 Å². The van der Waals surface area contributed by atoms with Crippen molar-refractivity contribution in [1.29, 1.82) is 0 Å². The molecule has 0 saturated heterocycles. The summed E-state index contributed by atoms with van der Waals surface area (Å²) in [6.45, 7) is 5.15. The molecule has 1 heterocycles. The van der Waals surface area contributed by atoms with E-state index in [1.165, 1.54) is 0 Å². The summed E-state index contributed by atoms with van der Waals surface area (Å²) in [6, 6.07) is 0. The first-order chi connectivity index (χ1) is 8.69. The van der Waals surface area contributed by atoms with Crippen molar-refractivity contribution in [1.82, 2.24) is 19.8 Å². The summed E-state index contributed by atoms with van der Waals surface area (Å²) in [5, 5.41) is 3.23. The number of nitrogens with zero attached hydrogens (tertiary/aromatic N) is 3. The van der Waals surface area contributed by atoms with Gasteiger partial charge >= 0.3 is 0 Å². The molecular weight excluding hydrogens is 232 g/mol. The van der Waals surface area contributed by atoms with Crippen LogP contribution in [0.3, 0.4) is 0 Å². The maximum Gasteiger partial charge on any atom is 0.242 e. The summed E-state index contributed by atoms with van der Waals surface area (Å²) in [6.07, 6.45) is 3.47. The van der Waals surface area contributed by atoms with Crippen LogP contribution in [0.1, 0.15) is 12.6 Å². The highest BCUT2D eigenvalue weighted by atomic mass is 16.5. The molecule has 102 valence electrons. The van der Waals surface area contributed by atoms with Crippen LogP contribution in [0.4, 0.5) is 0 Å². The molecule has 0 aliphatic heterocycles. The lowest BCUT2D eigenvalue weighted by molar-refractivity contribution is -0.130. The molecule has 1 aromatic rings. The SMILES string of the molecule is CCN(C)C(=O)Cn1cncc1CNCCOC. The van der Waals surface area contributed by atoms with Gasteiger partial charge in [0.2, 0.25) is 5.91 Å². The van der Waals surface area contributed by atoms with Crippen molar-refractivity contribution in [2.24, 2.45) is 0 Å². The van der Waals surface area contributed by atoms with Gasteiger partial charge in [0.15, 0.2) is 0 Å². The number of rotatable bonds is 8. The van der Waals surface area contributed by atoms with Crippen LogP contribution < -0.4 is 5.32 Å². The molecular formula is C12H22N4O2. The van der Waals surface area contributed by atoms with Crippen molar-refractivity contribution in [3.8, 4) is 0 Å². The third-order valence-corrected chi connectivity index (χ3v) is 2.79. The summed E-state index contributed by atoms with van der Waals surface area (Å²) in [7, 11) is 3.47. The fraction of sp³-hybridized carbons (Fsp3) is 0.667. The Bertz CT molecular complexity index is 365. The van der Waals surface area contributed by atoms with Gasteiger partial charge in [-0.05, 0) is 6.92 Å². The molecule has 0 aliphatic rings. The zero-order valence-corrected chi connectivity index (χ0v) is 11.3. The van der Waals surface area contributed by atoms with Crippen LogP contribution in [0.5, 0.6) is 0 Å². The quantitative estimate of drug-likeness (QED) is 0.668. The van der Waals surface area contributed by atoms with Crippen molar-refractivity contribution in [3.63, 3.8) is 0 Å². The van der Waals surface area contributed by atoms with Gasteiger partial charge in [-0.2, -0.15) is 0 Å². The van der Waals surface area contributed by atoms with Crippen molar-refractivity contribution >= 4 is 5.91 Å². The number of amides is 1. The number of aromatic nitrogens is 2. The molecule has 0 unspecified atom stereocenters. The second-order valence-electron chi connectivity index (χ2n) is 4.09. The highest BCUT2D eigenvalue weighted by Gasteiger charge is 2.09. The Morgan fingerprint density at radius 2 is 2.39 bits per heavy atom. The average molecular weight is 254 g/mol. The van der Waals surface area contributed by atoms with Gasteiger partial charge in [-0.1, -0.05) is 0 Å². The van der Waals surface area contributed by atoms with Crippen LogP contribution in [0.2, 0.25) is 0 Å². The molecule has 1 aromatic heterocycles. The molecule has 18 heavy (non-hydrogen) atoms. The predicted octanol–water partition coefficient (Wildman–Crippen LogP) is 0.0974. The third kappa shape index (κ3) is 4.46. The Balaban J connectivity index is 2.46. The number of hydrogen-bond acceptors (Lipinski definition) is 4. The van der Waals surface area contributed by atoms with Crippen LogP contribution in [0, 0.1) is 0 Å². The van der Waals surface area contributed by atoms with Crippen molar-refractivity contribution in [2.75, 3.05) is 33.9 Å². The highest BCUT2D eigenvalue weighted by Crippen LogP contribution is 2.00. The third-order valence-electron chi connectivity index (χ3n) is 2.79. The number of methoxy groups -OCH3 is 1. The monoisotopic (exact) mass is 254 g/mol. The first-order valence-corrected chi connectivity index (χ1v) is 6.11. The van der Waals surface area contributed by atoms with Gasteiger partial charge in [0.05, 0.1) is 18.6 Å². The second kappa shape index (κ2) is 7.84. The molecule has 0 spiro atoms. The van der Waals surface area contributed by atoms with E-state index in [1.54, 1.807) is 31.6 Å². The molecule has 0 atom stereocenters. The van der Waals surface area contributed by atoms with Crippen molar-refractivity contribution in [3.05, 3.63) is 18.2 Å². The smallest absolute Gasteiger partial charge is 0.242 e. The molecule has 0 bridgehead atoms. The van der Waals surface area contributed by atoms with Crippen LogP contribution in [0.15, 0.2) is 12.5 Å². The van der Waals surface area contributed by atoms with Gasteiger partial charge in [-0.25, -0.2) is 4.98 Å². The van der Waals surface area contributed by atoms with Crippen molar-refractivity contribution < 1.29 is 9.53 Å². The van der Waals surface area contributed by atoms with Gasteiger partial charge in [-0.15, -0.1) is 0 Å². The first-order valence-electron chi connectivity index (χ1n) is 6.11. The predicted molar refractivity (Wildman–Crippen MR) is 69.1 cm³/mol. The number of ether oxygens (including phenoxy) is 1. The minimum absolute atomic E-state index is 0.0913. The summed E-state index contributed by atoms with van der Waals surface area (Å²) in [4.78, 5) is 17.6. The maximum absolute atomic E-state index is 11.8. The van der Waals surface area contributed by atoms with E-state index in [0.29, 0.717) is 19.7 Å². The number of hydrogen-bond donors (Lipinski definition) is 1. The minimum Gasteiger partial charge on any atom is -0.383 e. The van der Waals surface area contributed by atoms with E-state index in [1.807, 2.05) is 11.5 Å². The zero-order valence-electron chi connectivity index (χ0n) is 11.3. The summed E-state index contributed by atoms with van der Waals surface area (Å²) < 4.78 is 6.83. The van der Waals surface area contributed by atoms with Crippen LogP contribution in [0.25, 0.3) is 0 Å². The Hall–Kier alpha value is -1.40. The van der Waals surface area contributed by atoms with E-state index in [9.17, 15) is 4.79 Å². The summed E-state index contributed by atoms with van der Waals surface area (Å²) in [5.41, 5.74) is 1.00. The fourth-order valence-electron chi connectivity index (χ4n) is 1.47. The number of carbonyl (C=O) groups excluding carboxylic acids is 1. The Kier molecular flexibility index (Phi) is 6.38. The number of likely N-dealkylation sites (N-methyl/N-ethyl adjacent to an activating group) is 1. The van der Waals surface area contributed by atoms with E-state index in [-0.39, 0.29) is 5.91 Å². The molecule has 1 rings (SSSR count). The van der Waals surface area contributed by atoms with Crippen molar-refractivity contribution in [2.45, 2.75) is 20.0 Å². The molecule has 0 saturated carbocycles. The second-order valence-corrected chi connectivity index (χ2v) is 4.09. The number of nitrogens with one attached hydrogen (secondary N) is 1. The van der Waals surface area contributed by atoms with Gasteiger partial charge in [0.25, 0.3) is 0 Å². The molecule has 0 aliphatic carbocycles. The molecule has 0 aromatic carbocycles. The molecule has 6 nitrogen and oxygen atoms in total. The highest BCUT2D eigenvalue weighted by molar-refractivity contribution is 5.75. The Morgan fingerprint density at radius 3 is 3.06 bits per heavy atom. The fourth-order valence-corrected chi connectivity index (χ4v) is 1.47.